The Kier molecular flexibility index (Phi) is 5.48. The van der Waals surface area contributed by atoms with E-state index in [0.29, 0.717) is 12.3 Å². The summed E-state index contributed by atoms with van der Waals surface area (Å²) in [6, 6.07) is 5.41. The lowest BCUT2D eigenvalue weighted by atomic mass is 10.1. The summed E-state index contributed by atoms with van der Waals surface area (Å²) in [6.07, 6.45) is 3.42. The Morgan fingerprint density at radius 2 is 2.32 bits per heavy atom. The summed E-state index contributed by atoms with van der Waals surface area (Å²) in [5.74, 6) is -0.0848. The maximum Gasteiger partial charge on any atom is 0.241 e. The third-order valence-corrected chi connectivity index (χ3v) is 3.08. The molecule has 22 heavy (non-hydrogen) atoms. The van der Waals surface area contributed by atoms with Gasteiger partial charge in [-0.05, 0) is 19.2 Å². The number of hydrogen-bond donors (Lipinski definition) is 2. The summed E-state index contributed by atoms with van der Waals surface area (Å²) >= 11 is 0. The third kappa shape index (κ3) is 4.29. The minimum absolute atomic E-state index is 0.168. The van der Waals surface area contributed by atoms with Gasteiger partial charge in [-0.1, -0.05) is 6.07 Å². The van der Waals surface area contributed by atoms with Crippen LogP contribution in [0.5, 0.6) is 5.75 Å². The lowest BCUT2D eigenvalue weighted by Gasteiger charge is -2.14. The van der Waals surface area contributed by atoms with Gasteiger partial charge in [-0.2, -0.15) is 5.10 Å². The second-order valence-corrected chi connectivity index (χ2v) is 4.77. The van der Waals surface area contributed by atoms with Gasteiger partial charge in [0.05, 0.1) is 12.7 Å². The highest BCUT2D eigenvalue weighted by Gasteiger charge is 2.19. The van der Waals surface area contributed by atoms with E-state index in [0.717, 1.165) is 5.56 Å². The van der Waals surface area contributed by atoms with Crippen molar-refractivity contribution in [2.45, 2.75) is 6.04 Å². The van der Waals surface area contributed by atoms with E-state index in [-0.39, 0.29) is 18.3 Å². The van der Waals surface area contributed by atoms with E-state index < -0.39 is 6.04 Å². The van der Waals surface area contributed by atoms with Crippen LogP contribution in [0.2, 0.25) is 0 Å². The number of halogens is 1. The number of aryl methyl sites for hydroxylation is 1. The Morgan fingerprint density at radius 1 is 1.50 bits per heavy atom. The average molecular weight is 306 g/mol. The molecule has 6 nitrogen and oxygen atoms in total. The second kappa shape index (κ2) is 7.56. The smallest absolute Gasteiger partial charge is 0.241 e. The molecule has 1 aromatic heterocycles. The molecule has 1 amide bonds. The van der Waals surface area contributed by atoms with Gasteiger partial charge in [0.15, 0.2) is 0 Å². The van der Waals surface area contributed by atoms with Crippen LogP contribution >= 0.6 is 0 Å². The van der Waals surface area contributed by atoms with Gasteiger partial charge in [-0.25, -0.2) is 4.39 Å². The zero-order valence-electron chi connectivity index (χ0n) is 12.5. The second-order valence-electron chi connectivity index (χ2n) is 4.77. The number of carbonyl (C=O) groups excluding carboxylic acids is 1. The van der Waals surface area contributed by atoms with Crippen LogP contribution in [0.25, 0.3) is 0 Å². The minimum atomic E-state index is -0.470. The predicted molar refractivity (Wildman–Crippen MR) is 79.9 cm³/mol. The number of likely N-dealkylation sites (N-methyl/N-ethyl adjacent to an activating group) is 1. The third-order valence-electron chi connectivity index (χ3n) is 3.08. The van der Waals surface area contributed by atoms with Gasteiger partial charge >= 0.3 is 0 Å². The van der Waals surface area contributed by atoms with Gasteiger partial charge in [-0.15, -0.1) is 0 Å². The van der Waals surface area contributed by atoms with E-state index in [4.69, 9.17) is 4.74 Å². The van der Waals surface area contributed by atoms with E-state index in [1.54, 1.807) is 43.3 Å². The SMILES string of the molecule is CNC(C(=O)NCCOc1cccc(F)c1)c1cnn(C)c1. The van der Waals surface area contributed by atoms with Crippen molar-refractivity contribution in [3.63, 3.8) is 0 Å². The molecule has 0 fully saturated rings. The molecule has 2 N–H and O–H groups in total. The van der Waals surface area contributed by atoms with Gasteiger partial charge in [0, 0.05) is 24.9 Å². The fourth-order valence-corrected chi connectivity index (χ4v) is 2.04. The molecule has 0 saturated carbocycles. The number of benzene rings is 1. The quantitative estimate of drug-likeness (QED) is 0.749. The highest BCUT2D eigenvalue weighted by Crippen LogP contribution is 2.12. The van der Waals surface area contributed by atoms with Crippen LogP contribution in [-0.2, 0) is 11.8 Å². The average Bonchev–Trinajstić information content (AvgIpc) is 2.91. The van der Waals surface area contributed by atoms with E-state index in [9.17, 15) is 9.18 Å². The molecule has 0 spiro atoms. The van der Waals surface area contributed by atoms with Crippen molar-refractivity contribution < 1.29 is 13.9 Å². The zero-order chi connectivity index (χ0) is 15.9. The van der Waals surface area contributed by atoms with Crippen molar-refractivity contribution in [2.75, 3.05) is 20.2 Å². The van der Waals surface area contributed by atoms with Crippen molar-refractivity contribution in [1.82, 2.24) is 20.4 Å². The maximum absolute atomic E-state index is 13.0. The molecular formula is C15H19FN4O2. The molecule has 0 aliphatic heterocycles. The van der Waals surface area contributed by atoms with Gasteiger partial charge < -0.3 is 15.4 Å². The Bertz CT molecular complexity index is 630. The molecule has 2 rings (SSSR count). The number of aromatic nitrogens is 2. The Balaban J connectivity index is 1.79. The minimum Gasteiger partial charge on any atom is -0.492 e. The normalized spacial score (nSPS) is 12.0. The van der Waals surface area contributed by atoms with Crippen LogP contribution in [0, 0.1) is 5.82 Å². The van der Waals surface area contributed by atoms with Gasteiger partial charge in [0.1, 0.15) is 24.2 Å². The molecule has 1 heterocycles. The van der Waals surface area contributed by atoms with Crippen molar-refractivity contribution in [3.05, 3.63) is 48.0 Å². The first-order valence-corrected chi connectivity index (χ1v) is 6.92. The number of carbonyl (C=O) groups is 1. The highest BCUT2D eigenvalue weighted by molar-refractivity contribution is 5.82. The van der Waals surface area contributed by atoms with E-state index >= 15 is 0 Å². The van der Waals surface area contributed by atoms with Gasteiger partial charge in [0.2, 0.25) is 5.91 Å². The molecule has 0 aliphatic carbocycles. The lowest BCUT2D eigenvalue weighted by Crippen LogP contribution is -2.37. The van der Waals surface area contributed by atoms with Crippen molar-refractivity contribution in [3.8, 4) is 5.75 Å². The first-order valence-electron chi connectivity index (χ1n) is 6.92. The highest BCUT2D eigenvalue weighted by atomic mass is 19.1. The number of nitrogens with zero attached hydrogens (tertiary/aromatic N) is 2. The summed E-state index contributed by atoms with van der Waals surface area (Å²) in [5, 5.41) is 9.76. The monoisotopic (exact) mass is 306 g/mol. The summed E-state index contributed by atoms with van der Waals surface area (Å²) in [7, 11) is 3.50. The number of amides is 1. The van der Waals surface area contributed by atoms with Gasteiger partial charge in [-0.3, -0.25) is 9.48 Å². The summed E-state index contributed by atoms with van der Waals surface area (Å²) < 4.78 is 20.0. The topological polar surface area (TPSA) is 68.2 Å². The van der Waals surface area contributed by atoms with E-state index in [1.807, 2.05) is 0 Å². The number of hydrogen-bond acceptors (Lipinski definition) is 4. The molecule has 1 aromatic carbocycles. The van der Waals surface area contributed by atoms with Crippen LogP contribution in [0.15, 0.2) is 36.7 Å². The molecule has 0 saturated heterocycles. The predicted octanol–water partition coefficient (Wildman–Crippen LogP) is 1.01. The molecule has 0 radical (unpaired) electrons. The summed E-state index contributed by atoms with van der Waals surface area (Å²) in [5.41, 5.74) is 0.786. The molecule has 1 unspecified atom stereocenters. The number of nitrogens with one attached hydrogen (secondary N) is 2. The van der Waals surface area contributed by atoms with Crippen molar-refractivity contribution in [1.29, 1.82) is 0 Å². The van der Waals surface area contributed by atoms with Gasteiger partial charge in [0.25, 0.3) is 0 Å². The largest absolute Gasteiger partial charge is 0.492 e. The Hall–Kier alpha value is -2.41. The van der Waals surface area contributed by atoms with Crippen LogP contribution in [-0.4, -0.2) is 35.9 Å². The van der Waals surface area contributed by atoms with E-state index in [2.05, 4.69) is 15.7 Å². The van der Waals surface area contributed by atoms with Crippen molar-refractivity contribution in [2.24, 2.45) is 7.05 Å². The maximum atomic E-state index is 13.0. The van der Waals surface area contributed by atoms with Crippen LogP contribution in [0.4, 0.5) is 4.39 Å². The summed E-state index contributed by atoms with van der Waals surface area (Å²) in [4.78, 5) is 12.1. The molecule has 2 aromatic rings. The zero-order valence-corrected chi connectivity index (χ0v) is 12.5. The first-order chi connectivity index (χ1) is 10.6. The van der Waals surface area contributed by atoms with Crippen molar-refractivity contribution >= 4 is 5.91 Å². The molecule has 7 heteroatoms. The lowest BCUT2D eigenvalue weighted by molar-refractivity contribution is -0.123. The van der Waals surface area contributed by atoms with E-state index in [1.165, 1.54) is 12.1 Å². The molecule has 0 aliphatic rings. The fraction of sp³-hybridized carbons (Fsp3) is 0.333. The Labute approximate surface area is 128 Å². The standard InChI is InChI=1S/C15H19FN4O2/c1-17-14(11-9-19-20(2)10-11)15(21)18-6-7-22-13-5-3-4-12(16)8-13/h3-5,8-10,14,17H,6-7H2,1-2H3,(H,18,21). The Morgan fingerprint density at radius 3 is 2.95 bits per heavy atom. The van der Waals surface area contributed by atoms with Crippen LogP contribution in [0.1, 0.15) is 11.6 Å². The molecule has 0 bridgehead atoms. The molecular weight excluding hydrogens is 287 g/mol. The summed E-state index contributed by atoms with van der Waals surface area (Å²) in [6.45, 7) is 0.590. The van der Waals surface area contributed by atoms with Crippen LogP contribution < -0.4 is 15.4 Å². The molecule has 118 valence electrons. The number of ether oxygens (including phenoxy) is 1. The first kappa shape index (κ1) is 16.0. The van der Waals surface area contributed by atoms with Crippen LogP contribution in [0.3, 0.4) is 0 Å². The molecule has 1 atom stereocenters. The number of rotatable bonds is 7. The fourth-order valence-electron chi connectivity index (χ4n) is 2.04.